The van der Waals surface area contributed by atoms with Gasteiger partial charge in [0.15, 0.2) is 0 Å². The van der Waals surface area contributed by atoms with Crippen LogP contribution in [0.3, 0.4) is 0 Å². The zero-order chi connectivity index (χ0) is 58.7. The lowest BCUT2D eigenvalue weighted by Gasteiger charge is -2.53. The largest absolute Gasteiger partial charge is 0.335 e. The van der Waals surface area contributed by atoms with E-state index in [2.05, 4.69) is 273 Å². The Balaban J connectivity index is 1.15. The van der Waals surface area contributed by atoms with Crippen LogP contribution in [-0.4, -0.2) is 12.3 Å². The Hall–Kier alpha value is -6.26. The van der Waals surface area contributed by atoms with Crippen LogP contribution in [0.4, 0.5) is 39.8 Å². The molecule has 7 aliphatic rings. The molecule has 3 aliphatic heterocycles. The molecule has 2 unspecified atom stereocenters. The summed E-state index contributed by atoms with van der Waals surface area (Å²) in [5, 5.41) is 0. The van der Waals surface area contributed by atoms with Gasteiger partial charge in [0.25, 0.3) is 6.71 Å². The standard InChI is InChI=1S/C79H92BN3/c1-71(2,3)51-26-30-53(31-27-51)81(54-32-28-52(29-33-54)72(4,5)6)56-45-65-68-66(46-56)83-69-63(78(17)36-22-23-37-79(78,83)18)42-50(49-24-20-19-21-25-49)43-64(69)80(68)67-57-47-61-62(76(13,14)41-40-75(61,11)12)48-59(57)77(15,16)70(67)82(65)55-34-35-58-60(44-55)74(9,10)39-38-73(58,7)8/h19-21,24-35,42-48H,22-23,36-41H2,1-18H3. The van der Waals surface area contributed by atoms with Crippen molar-refractivity contribution < 1.29 is 0 Å². The molecule has 4 aliphatic carbocycles. The molecular weight excluding hydrogens is 1000 g/mol. The van der Waals surface area contributed by atoms with Crippen LogP contribution in [0.5, 0.6) is 0 Å². The Morgan fingerprint density at radius 3 is 1.55 bits per heavy atom. The maximum Gasteiger partial charge on any atom is 0.252 e. The smallest absolute Gasteiger partial charge is 0.252 e. The van der Waals surface area contributed by atoms with E-state index in [9.17, 15) is 0 Å². The lowest BCUT2D eigenvalue weighted by Crippen LogP contribution is -2.61. The lowest BCUT2D eigenvalue weighted by molar-refractivity contribution is 0.195. The number of anilines is 7. The number of rotatable bonds is 5. The Labute approximate surface area is 500 Å². The van der Waals surface area contributed by atoms with Crippen LogP contribution >= 0.6 is 0 Å². The van der Waals surface area contributed by atoms with Crippen molar-refractivity contribution in [2.24, 2.45) is 0 Å². The molecule has 3 heterocycles. The summed E-state index contributed by atoms with van der Waals surface area (Å²) in [6.07, 6.45) is 9.47. The van der Waals surface area contributed by atoms with Crippen LogP contribution in [-0.2, 0) is 43.3 Å². The quantitative estimate of drug-likeness (QED) is 0.159. The summed E-state index contributed by atoms with van der Waals surface area (Å²) in [6, 6.07) is 54.4. The van der Waals surface area contributed by atoms with Gasteiger partial charge in [0, 0.05) is 50.7 Å². The highest BCUT2D eigenvalue weighted by molar-refractivity contribution is 7.03. The highest BCUT2D eigenvalue weighted by Gasteiger charge is 2.63. The third-order valence-corrected chi connectivity index (χ3v) is 23.2. The van der Waals surface area contributed by atoms with Crippen LogP contribution in [0.1, 0.15) is 226 Å². The first-order valence-electron chi connectivity index (χ1n) is 32.0. The van der Waals surface area contributed by atoms with Gasteiger partial charge in [-0.15, -0.1) is 0 Å². The molecule has 4 heteroatoms. The van der Waals surface area contributed by atoms with E-state index in [0.29, 0.717) is 0 Å². The number of nitrogens with zero attached hydrogens (tertiary/aromatic N) is 3. The van der Waals surface area contributed by atoms with Crippen LogP contribution in [0.25, 0.3) is 16.6 Å². The second-order valence-corrected chi connectivity index (χ2v) is 32.7. The Morgan fingerprint density at radius 2 is 0.976 bits per heavy atom. The molecule has 0 aromatic heterocycles. The van der Waals surface area contributed by atoms with E-state index in [1.165, 1.54) is 144 Å². The van der Waals surface area contributed by atoms with Gasteiger partial charge < -0.3 is 14.7 Å². The van der Waals surface area contributed by atoms with Crippen LogP contribution in [0.2, 0.25) is 0 Å². The molecule has 1 saturated carbocycles. The van der Waals surface area contributed by atoms with Crippen molar-refractivity contribution >= 4 is 62.9 Å². The zero-order valence-corrected chi connectivity index (χ0v) is 53.8. The van der Waals surface area contributed by atoms with Crippen molar-refractivity contribution in [3.8, 4) is 11.1 Å². The molecule has 83 heavy (non-hydrogen) atoms. The van der Waals surface area contributed by atoms with E-state index in [1.54, 1.807) is 11.1 Å². The van der Waals surface area contributed by atoms with Gasteiger partial charge in [-0.1, -0.05) is 209 Å². The second-order valence-electron chi connectivity index (χ2n) is 32.7. The molecule has 3 nitrogen and oxygen atoms in total. The fraction of sp³-hybridized carbons (Fsp3) is 0.443. The number of fused-ring (bicyclic) bond motifs is 10. The highest BCUT2D eigenvalue weighted by Crippen LogP contribution is 2.66. The third-order valence-electron chi connectivity index (χ3n) is 23.2. The first-order chi connectivity index (χ1) is 38.9. The van der Waals surface area contributed by atoms with Gasteiger partial charge in [-0.25, -0.2) is 0 Å². The fourth-order valence-corrected chi connectivity index (χ4v) is 17.5. The molecule has 1 fully saturated rings. The van der Waals surface area contributed by atoms with E-state index in [-0.39, 0.29) is 55.6 Å². The summed E-state index contributed by atoms with van der Waals surface area (Å²) in [4.78, 5) is 8.43. The van der Waals surface area contributed by atoms with Crippen LogP contribution in [0, 0.1) is 0 Å². The molecule has 0 amide bonds. The molecule has 14 rings (SSSR count). The van der Waals surface area contributed by atoms with Gasteiger partial charge in [0.1, 0.15) is 0 Å². The molecule has 7 aromatic carbocycles. The molecule has 0 spiro atoms. The molecule has 0 bridgehead atoms. The van der Waals surface area contributed by atoms with Crippen LogP contribution < -0.4 is 25.6 Å². The topological polar surface area (TPSA) is 9.72 Å². The van der Waals surface area contributed by atoms with Crippen molar-refractivity contribution in [2.75, 3.05) is 14.7 Å². The normalized spacial score (nSPS) is 23.4. The fourth-order valence-electron chi connectivity index (χ4n) is 17.5. The summed E-state index contributed by atoms with van der Waals surface area (Å²) in [5.74, 6) is 0. The van der Waals surface area contributed by atoms with Crippen molar-refractivity contribution in [3.63, 3.8) is 0 Å². The number of allylic oxidation sites excluding steroid dienone is 1. The average molecular weight is 1090 g/mol. The lowest BCUT2D eigenvalue weighted by atomic mass is 9.32. The molecule has 0 saturated heterocycles. The summed E-state index contributed by atoms with van der Waals surface area (Å²) in [7, 11) is 0. The van der Waals surface area contributed by atoms with E-state index >= 15 is 0 Å². The van der Waals surface area contributed by atoms with E-state index in [0.717, 1.165) is 19.3 Å². The van der Waals surface area contributed by atoms with Gasteiger partial charge in [0.2, 0.25) is 0 Å². The van der Waals surface area contributed by atoms with Gasteiger partial charge in [-0.05, 0) is 210 Å². The first kappa shape index (κ1) is 54.7. The molecule has 7 aromatic rings. The maximum absolute atomic E-state index is 2.97. The SMILES string of the molecule is CC(C)(C)c1ccc(N(c2ccc(C(C)(C)C)cc2)c2cc3c4c(c2)N2c5c(cc(-c6ccccc6)cc5C5(C)CCCCC25C)B4C2=C(N3c3ccc4c(c3)C(C)(C)CCC4(C)C)C(C)(C)c3cc4c(cc32)C(C)(C)CCC4(C)C)cc1. The molecule has 0 radical (unpaired) electrons. The summed E-state index contributed by atoms with van der Waals surface area (Å²) in [6.45, 7) is 44.6. The Kier molecular flexibility index (Phi) is 11.5. The van der Waals surface area contributed by atoms with E-state index in [4.69, 9.17) is 0 Å². The summed E-state index contributed by atoms with van der Waals surface area (Å²) < 4.78 is 0. The monoisotopic (exact) mass is 1090 g/mol. The van der Waals surface area contributed by atoms with Crippen molar-refractivity contribution in [1.29, 1.82) is 0 Å². The summed E-state index contributed by atoms with van der Waals surface area (Å²) >= 11 is 0. The summed E-state index contributed by atoms with van der Waals surface area (Å²) in [5.41, 5.74) is 30.4. The zero-order valence-electron chi connectivity index (χ0n) is 53.8. The van der Waals surface area contributed by atoms with Crippen molar-refractivity contribution in [2.45, 2.75) is 225 Å². The van der Waals surface area contributed by atoms with Gasteiger partial charge in [-0.2, -0.15) is 0 Å². The van der Waals surface area contributed by atoms with Gasteiger partial charge in [0.05, 0.1) is 11.2 Å². The minimum Gasteiger partial charge on any atom is -0.335 e. The molecular formula is C79H92BN3. The Bertz CT molecular complexity index is 3830. The van der Waals surface area contributed by atoms with Crippen molar-refractivity contribution in [3.05, 3.63) is 189 Å². The van der Waals surface area contributed by atoms with E-state index in [1.807, 2.05) is 0 Å². The minimum absolute atomic E-state index is 0.0156. The predicted octanol–water partition coefficient (Wildman–Crippen LogP) is 20.2. The highest BCUT2D eigenvalue weighted by atomic mass is 15.3. The van der Waals surface area contributed by atoms with Gasteiger partial charge in [-0.3, -0.25) is 0 Å². The average Bonchev–Trinajstić information content (AvgIpc) is 1.54. The maximum atomic E-state index is 2.97. The number of hydrogen-bond donors (Lipinski definition) is 0. The van der Waals surface area contributed by atoms with Gasteiger partial charge >= 0.3 is 0 Å². The van der Waals surface area contributed by atoms with E-state index < -0.39 is 0 Å². The number of hydrogen-bond acceptors (Lipinski definition) is 3. The Morgan fingerprint density at radius 1 is 0.446 bits per heavy atom. The minimum atomic E-state index is -0.357. The third kappa shape index (κ3) is 7.74. The van der Waals surface area contributed by atoms with Crippen molar-refractivity contribution in [1.82, 2.24) is 0 Å². The molecule has 2 atom stereocenters. The molecule has 0 N–H and O–H groups in total. The predicted molar refractivity (Wildman–Crippen MR) is 357 cm³/mol. The van der Waals surface area contributed by atoms with Crippen LogP contribution in [0.15, 0.2) is 139 Å². The molecule has 426 valence electrons. The second kappa shape index (κ2) is 17.4. The number of benzene rings is 7. The first-order valence-corrected chi connectivity index (χ1v) is 32.0.